The lowest BCUT2D eigenvalue weighted by Crippen LogP contribution is -2.24. The SMILES string of the molecule is CCCN(CCC)c1ccc(Nc2ccc(N=O)cc2)cc1. The summed E-state index contributed by atoms with van der Waals surface area (Å²) in [7, 11) is 0. The van der Waals surface area contributed by atoms with Crippen LogP contribution in [0.4, 0.5) is 22.7 Å². The number of nitroso groups, excluding NO2 is 1. The van der Waals surface area contributed by atoms with Crippen LogP contribution < -0.4 is 10.2 Å². The fourth-order valence-electron chi connectivity index (χ4n) is 2.44. The van der Waals surface area contributed by atoms with Gasteiger partial charge in [-0.15, -0.1) is 4.91 Å². The second kappa shape index (κ2) is 8.17. The first-order chi connectivity index (χ1) is 10.8. The van der Waals surface area contributed by atoms with Gasteiger partial charge in [0.15, 0.2) is 0 Å². The lowest BCUT2D eigenvalue weighted by Gasteiger charge is -2.24. The molecule has 0 atom stereocenters. The van der Waals surface area contributed by atoms with Crippen LogP contribution in [0.1, 0.15) is 26.7 Å². The van der Waals surface area contributed by atoms with E-state index in [0.29, 0.717) is 5.69 Å². The Morgan fingerprint density at radius 2 is 1.36 bits per heavy atom. The molecule has 0 fully saturated rings. The fourth-order valence-corrected chi connectivity index (χ4v) is 2.44. The van der Waals surface area contributed by atoms with Crippen molar-refractivity contribution in [3.8, 4) is 0 Å². The van der Waals surface area contributed by atoms with E-state index in [1.165, 1.54) is 5.69 Å². The van der Waals surface area contributed by atoms with Crippen molar-refractivity contribution < 1.29 is 0 Å². The zero-order valence-corrected chi connectivity index (χ0v) is 13.2. The number of rotatable bonds is 8. The Kier molecular flexibility index (Phi) is 5.95. The maximum absolute atomic E-state index is 10.4. The molecule has 116 valence electrons. The van der Waals surface area contributed by atoms with Gasteiger partial charge in [0.05, 0.1) is 0 Å². The van der Waals surface area contributed by atoms with Crippen LogP contribution in [-0.2, 0) is 0 Å². The van der Waals surface area contributed by atoms with Crippen LogP contribution in [0.15, 0.2) is 53.7 Å². The van der Waals surface area contributed by atoms with E-state index in [9.17, 15) is 4.91 Å². The molecule has 2 aromatic rings. The minimum Gasteiger partial charge on any atom is -0.372 e. The summed E-state index contributed by atoms with van der Waals surface area (Å²) >= 11 is 0. The standard InChI is InChI=1S/C18H23N3O/c1-3-13-21(14-4-2)18-11-9-16(10-12-18)19-15-5-7-17(20-22)8-6-15/h5-12,19H,3-4,13-14H2,1-2H3. The van der Waals surface area contributed by atoms with Crippen molar-refractivity contribution in [1.82, 2.24) is 0 Å². The highest BCUT2D eigenvalue weighted by atomic mass is 16.3. The van der Waals surface area contributed by atoms with Gasteiger partial charge in [-0.25, -0.2) is 0 Å². The first-order valence-corrected chi connectivity index (χ1v) is 7.82. The third-order valence-corrected chi connectivity index (χ3v) is 3.48. The normalized spacial score (nSPS) is 10.3. The van der Waals surface area contributed by atoms with E-state index in [4.69, 9.17) is 0 Å². The molecule has 2 aromatic carbocycles. The van der Waals surface area contributed by atoms with E-state index in [1.54, 1.807) is 12.1 Å². The van der Waals surface area contributed by atoms with Gasteiger partial charge in [-0.05, 0) is 66.5 Å². The van der Waals surface area contributed by atoms with E-state index in [-0.39, 0.29) is 0 Å². The Hall–Kier alpha value is -2.36. The Morgan fingerprint density at radius 1 is 0.864 bits per heavy atom. The van der Waals surface area contributed by atoms with Crippen LogP contribution in [0, 0.1) is 4.91 Å². The van der Waals surface area contributed by atoms with Crippen molar-refractivity contribution in [3.63, 3.8) is 0 Å². The number of benzene rings is 2. The highest BCUT2D eigenvalue weighted by Crippen LogP contribution is 2.23. The summed E-state index contributed by atoms with van der Waals surface area (Å²) in [6, 6.07) is 15.6. The maximum atomic E-state index is 10.4. The fraction of sp³-hybridized carbons (Fsp3) is 0.333. The Balaban J connectivity index is 2.05. The highest BCUT2D eigenvalue weighted by Gasteiger charge is 2.04. The molecular weight excluding hydrogens is 274 g/mol. The predicted molar refractivity (Wildman–Crippen MR) is 94.4 cm³/mol. The van der Waals surface area contributed by atoms with Crippen LogP contribution in [-0.4, -0.2) is 13.1 Å². The summed E-state index contributed by atoms with van der Waals surface area (Å²) in [4.78, 5) is 12.8. The van der Waals surface area contributed by atoms with Gasteiger partial charge in [-0.1, -0.05) is 13.8 Å². The van der Waals surface area contributed by atoms with Crippen LogP contribution in [0.3, 0.4) is 0 Å². The van der Waals surface area contributed by atoms with Gasteiger partial charge in [-0.2, -0.15) is 0 Å². The molecular formula is C18H23N3O. The van der Waals surface area contributed by atoms with Crippen molar-refractivity contribution in [3.05, 3.63) is 53.4 Å². The van der Waals surface area contributed by atoms with Gasteiger partial charge >= 0.3 is 0 Å². The molecule has 0 radical (unpaired) electrons. The van der Waals surface area contributed by atoms with Gasteiger partial charge in [0.1, 0.15) is 5.69 Å². The third kappa shape index (κ3) is 4.32. The van der Waals surface area contributed by atoms with Crippen molar-refractivity contribution in [2.45, 2.75) is 26.7 Å². The minimum atomic E-state index is 0.440. The molecule has 4 nitrogen and oxygen atoms in total. The van der Waals surface area contributed by atoms with E-state index < -0.39 is 0 Å². The summed E-state index contributed by atoms with van der Waals surface area (Å²) in [6.45, 7) is 6.58. The molecule has 0 aliphatic heterocycles. The molecule has 0 saturated carbocycles. The Labute approximate surface area is 132 Å². The molecule has 4 heteroatoms. The predicted octanol–water partition coefficient (Wildman–Crippen LogP) is 5.45. The lowest BCUT2D eigenvalue weighted by molar-refractivity contribution is 0.745. The van der Waals surface area contributed by atoms with E-state index in [1.807, 2.05) is 12.1 Å². The van der Waals surface area contributed by atoms with Crippen molar-refractivity contribution in [2.24, 2.45) is 5.18 Å². The molecule has 0 unspecified atom stereocenters. The van der Waals surface area contributed by atoms with Crippen LogP contribution >= 0.6 is 0 Å². The molecule has 0 bridgehead atoms. The lowest BCUT2D eigenvalue weighted by atomic mass is 10.2. The maximum Gasteiger partial charge on any atom is 0.108 e. The second-order valence-corrected chi connectivity index (χ2v) is 5.30. The summed E-state index contributed by atoms with van der Waals surface area (Å²) in [5.41, 5.74) is 3.67. The Bertz CT molecular complexity index is 572. The molecule has 0 aliphatic carbocycles. The number of nitrogens with one attached hydrogen (secondary N) is 1. The molecule has 2 rings (SSSR count). The first-order valence-electron chi connectivity index (χ1n) is 7.82. The molecule has 0 heterocycles. The minimum absolute atomic E-state index is 0.440. The second-order valence-electron chi connectivity index (χ2n) is 5.30. The van der Waals surface area contributed by atoms with Gasteiger partial charge in [0.25, 0.3) is 0 Å². The summed E-state index contributed by atoms with van der Waals surface area (Å²) in [5, 5.41) is 6.22. The highest BCUT2D eigenvalue weighted by molar-refractivity contribution is 5.64. The Morgan fingerprint density at radius 3 is 1.82 bits per heavy atom. The first kappa shape index (κ1) is 16.0. The van der Waals surface area contributed by atoms with Gasteiger partial charge in [-0.3, -0.25) is 0 Å². The molecule has 0 spiro atoms. The molecule has 1 N–H and O–H groups in total. The van der Waals surface area contributed by atoms with E-state index in [0.717, 1.165) is 37.3 Å². The average molecular weight is 297 g/mol. The number of hydrogen-bond donors (Lipinski definition) is 1. The van der Waals surface area contributed by atoms with Gasteiger partial charge < -0.3 is 10.2 Å². The van der Waals surface area contributed by atoms with Crippen LogP contribution in [0.2, 0.25) is 0 Å². The van der Waals surface area contributed by atoms with Gasteiger partial charge in [0, 0.05) is 30.2 Å². The number of anilines is 3. The summed E-state index contributed by atoms with van der Waals surface area (Å²) in [5.74, 6) is 0. The average Bonchev–Trinajstić information content (AvgIpc) is 2.56. The topological polar surface area (TPSA) is 44.7 Å². The monoisotopic (exact) mass is 297 g/mol. The zero-order valence-electron chi connectivity index (χ0n) is 13.2. The van der Waals surface area contributed by atoms with Crippen molar-refractivity contribution >= 4 is 22.7 Å². The smallest absolute Gasteiger partial charge is 0.108 e. The van der Waals surface area contributed by atoms with Gasteiger partial charge in [0.2, 0.25) is 0 Å². The van der Waals surface area contributed by atoms with Crippen molar-refractivity contribution in [2.75, 3.05) is 23.3 Å². The summed E-state index contributed by atoms with van der Waals surface area (Å²) < 4.78 is 0. The third-order valence-electron chi connectivity index (χ3n) is 3.48. The summed E-state index contributed by atoms with van der Waals surface area (Å²) in [6.07, 6.45) is 2.30. The zero-order chi connectivity index (χ0) is 15.8. The largest absolute Gasteiger partial charge is 0.372 e. The number of hydrogen-bond acceptors (Lipinski definition) is 4. The molecule has 0 saturated heterocycles. The van der Waals surface area contributed by atoms with Crippen molar-refractivity contribution in [1.29, 1.82) is 0 Å². The molecule has 0 amide bonds. The number of nitrogens with zero attached hydrogens (tertiary/aromatic N) is 2. The quantitative estimate of drug-likeness (QED) is 0.658. The van der Waals surface area contributed by atoms with E-state index >= 15 is 0 Å². The molecule has 22 heavy (non-hydrogen) atoms. The molecule has 0 aromatic heterocycles. The van der Waals surface area contributed by atoms with E-state index in [2.05, 4.69) is 53.5 Å². The molecule has 0 aliphatic rings. The van der Waals surface area contributed by atoms with Crippen LogP contribution in [0.25, 0.3) is 0 Å². The van der Waals surface area contributed by atoms with Crippen LogP contribution in [0.5, 0.6) is 0 Å².